The highest BCUT2D eigenvalue weighted by molar-refractivity contribution is 6.99. The van der Waals surface area contributed by atoms with Crippen LogP contribution in [0.4, 0.5) is 0 Å². The summed E-state index contributed by atoms with van der Waals surface area (Å²) in [6.45, 7) is 6.66. The van der Waals surface area contributed by atoms with E-state index in [2.05, 4.69) is 51.0 Å². The second-order valence-electron chi connectivity index (χ2n) is 6.95. The number of terminal acetylenes is 1. The fourth-order valence-electron chi connectivity index (χ4n) is 3.20. The molecule has 0 aromatic heterocycles. The van der Waals surface area contributed by atoms with Gasteiger partial charge in [-0.2, -0.15) is 0 Å². The lowest BCUT2D eigenvalue weighted by molar-refractivity contribution is 0.185. The second kappa shape index (κ2) is 7.81. The molecular weight excluding hydrogens is 312 g/mol. The van der Waals surface area contributed by atoms with Gasteiger partial charge < -0.3 is 9.53 Å². The summed E-state index contributed by atoms with van der Waals surface area (Å²) in [6.07, 6.45) is 5.75. The van der Waals surface area contributed by atoms with Gasteiger partial charge in [-0.1, -0.05) is 87.4 Å². The third kappa shape index (κ3) is 3.62. The number of hydrogen-bond donors (Lipinski definition) is 1. The monoisotopic (exact) mass is 338 g/mol. The van der Waals surface area contributed by atoms with Crippen LogP contribution < -0.4 is 10.4 Å². The molecule has 0 bridgehead atoms. The average Bonchev–Trinajstić information content (AvgIpc) is 2.59. The predicted molar refractivity (Wildman–Crippen MR) is 103 cm³/mol. The number of aliphatic hydroxyl groups excluding tert-OH is 1. The minimum Gasteiger partial charge on any atom is -0.396 e. The molecule has 3 heteroatoms. The standard InChI is InChI=1S/C21H26O2Si/c1-5-18(16-17-22)23-24(21(2,3)4,19-12-8-6-9-13-19)20-14-10-7-11-15-20/h1,6-15,18,22H,16-17H2,2-4H3. The SMILES string of the molecule is C#CC(CCO)O[Si](c1ccccc1)(c1ccccc1)C(C)(C)C. The molecule has 2 aromatic rings. The summed E-state index contributed by atoms with van der Waals surface area (Å²) in [7, 11) is -2.62. The van der Waals surface area contributed by atoms with E-state index in [1.54, 1.807) is 0 Å². The van der Waals surface area contributed by atoms with Gasteiger partial charge in [0, 0.05) is 13.0 Å². The molecular formula is C21H26O2Si. The Labute approximate surface area is 146 Å². The van der Waals surface area contributed by atoms with Gasteiger partial charge in [0.05, 0.1) is 0 Å². The van der Waals surface area contributed by atoms with Crippen molar-refractivity contribution in [2.45, 2.75) is 38.3 Å². The fourth-order valence-corrected chi connectivity index (χ4v) is 7.83. The average molecular weight is 339 g/mol. The highest BCUT2D eigenvalue weighted by Crippen LogP contribution is 2.37. The molecule has 0 radical (unpaired) electrons. The highest BCUT2D eigenvalue weighted by Gasteiger charge is 2.51. The first-order valence-electron chi connectivity index (χ1n) is 8.31. The number of hydrogen-bond acceptors (Lipinski definition) is 2. The van der Waals surface area contributed by atoms with Crippen molar-refractivity contribution in [2.75, 3.05) is 6.61 Å². The molecule has 2 aromatic carbocycles. The molecule has 0 heterocycles. The van der Waals surface area contributed by atoms with E-state index in [0.717, 1.165) is 0 Å². The Kier molecular flexibility index (Phi) is 6.01. The Hall–Kier alpha value is -1.86. The molecule has 0 amide bonds. The van der Waals surface area contributed by atoms with Crippen LogP contribution in [-0.4, -0.2) is 26.1 Å². The Morgan fingerprint density at radius 2 is 1.46 bits per heavy atom. The van der Waals surface area contributed by atoms with Crippen molar-refractivity contribution in [1.29, 1.82) is 0 Å². The van der Waals surface area contributed by atoms with E-state index >= 15 is 0 Å². The van der Waals surface area contributed by atoms with Gasteiger partial charge in [-0.25, -0.2) is 0 Å². The highest BCUT2D eigenvalue weighted by atomic mass is 28.4. The largest absolute Gasteiger partial charge is 0.396 e. The Bertz CT molecular complexity index is 629. The Morgan fingerprint density at radius 3 is 1.79 bits per heavy atom. The van der Waals surface area contributed by atoms with Gasteiger partial charge in [-0.05, 0) is 15.4 Å². The molecule has 1 atom stereocenters. The van der Waals surface area contributed by atoms with Gasteiger partial charge >= 0.3 is 0 Å². The van der Waals surface area contributed by atoms with Crippen LogP contribution >= 0.6 is 0 Å². The first-order chi connectivity index (χ1) is 11.5. The van der Waals surface area contributed by atoms with Gasteiger partial charge in [-0.15, -0.1) is 6.42 Å². The minimum atomic E-state index is -2.62. The first-order valence-corrected chi connectivity index (χ1v) is 10.2. The van der Waals surface area contributed by atoms with Crippen LogP contribution in [0.25, 0.3) is 0 Å². The second-order valence-corrected chi connectivity index (χ2v) is 11.2. The number of aliphatic hydroxyl groups is 1. The van der Waals surface area contributed by atoms with Gasteiger partial charge in [0.1, 0.15) is 6.10 Å². The lowest BCUT2D eigenvalue weighted by Gasteiger charge is -2.44. The molecule has 0 saturated heterocycles. The first kappa shape index (κ1) is 18.5. The smallest absolute Gasteiger partial charge is 0.262 e. The van der Waals surface area contributed by atoms with Crippen LogP contribution in [0.3, 0.4) is 0 Å². The van der Waals surface area contributed by atoms with E-state index in [9.17, 15) is 5.11 Å². The van der Waals surface area contributed by atoms with Crippen LogP contribution in [0.15, 0.2) is 60.7 Å². The van der Waals surface area contributed by atoms with Crippen molar-refractivity contribution < 1.29 is 9.53 Å². The van der Waals surface area contributed by atoms with Gasteiger partial charge in [0.15, 0.2) is 0 Å². The summed E-state index contributed by atoms with van der Waals surface area (Å²) in [4.78, 5) is 0. The molecule has 0 aliphatic carbocycles. The maximum absolute atomic E-state index is 9.35. The van der Waals surface area contributed by atoms with Crippen LogP contribution in [-0.2, 0) is 4.43 Å². The van der Waals surface area contributed by atoms with Crippen molar-refractivity contribution in [3.63, 3.8) is 0 Å². The summed E-state index contributed by atoms with van der Waals surface area (Å²) in [5.41, 5.74) is 0. The summed E-state index contributed by atoms with van der Waals surface area (Å²) in [5, 5.41) is 11.6. The summed E-state index contributed by atoms with van der Waals surface area (Å²) < 4.78 is 6.71. The Balaban J connectivity index is 2.68. The predicted octanol–water partition coefficient (Wildman–Crippen LogP) is 2.95. The van der Waals surface area contributed by atoms with Crippen LogP contribution in [0.2, 0.25) is 5.04 Å². The fraction of sp³-hybridized carbons (Fsp3) is 0.333. The van der Waals surface area contributed by atoms with Crippen LogP contribution in [0.5, 0.6) is 0 Å². The van der Waals surface area contributed by atoms with E-state index < -0.39 is 14.4 Å². The molecule has 0 aliphatic heterocycles. The quantitative estimate of drug-likeness (QED) is 0.648. The summed E-state index contributed by atoms with van der Waals surface area (Å²) in [5.74, 6) is 2.72. The van der Waals surface area contributed by atoms with Crippen LogP contribution in [0, 0.1) is 12.3 Å². The molecule has 0 spiro atoms. The zero-order valence-corrected chi connectivity index (χ0v) is 15.7. The van der Waals surface area contributed by atoms with E-state index in [1.165, 1.54) is 10.4 Å². The van der Waals surface area contributed by atoms with Gasteiger partial charge in [-0.3, -0.25) is 0 Å². The van der Waals surface area contributed by atoms with Crippen molar-refractivity contribution in [1.82, 2.24) is 0 Å². The number of rotatable bonds is 6. The molecule has 2 nitrogen and oxygen atoms in total. The molecule has 1 N–H and O–H groups in total. The van der Waals surface area contributed by atoms with E-state index in [4.69, 9.17) is 10.8 Å². The minimum absolute atomic E-state index is 0.0209. The normalized spacial score (nSPS) is 13.3. The van der Waals surface area contributed by atoms with Crippen LogP contribution in [0.1, 0.15) is 27.2 Å². The molecule has 2 rings (SSSR count). The van der Waals surface area contributed by atoms with Gasteiger partial charge in [0.2, 0.25) is 0 Å². The van der Waals surface area contributed by atoms with Crippen molar-refractivity contribution in [2.24, 2.45) is 0 Å². The molecule has 126 valence electrons. The van der Waals surface area contributed by atoms with E-state index in [0.29, 0.717) is 6.42 Å². The lowest BCUT2D eigenvalue weighted by atomic mass is 10.2. The molecule has 0 aliphatic rings. The van der Waals surface area contributed by atoms with E-state index in [1.807, 2.05) is 36.4 Å². The lowest BCUT2D eigenvalue weighted by Crippen LogP contribution is -2.67. The molecule has 1 unspecified atom stereocenters. The summed E-state index contributed by atoms with van der Waals surface area (Å²) in [6, 6.07) is 20.8. The maximum atomic E-state index is 9.35. The van der Waals surface area contributed by atoms with E-state index in [-0.39, 0.29) is 11.6 Å². The third-order valence-electron chi connectivity index (χ3n) is 4.31. The van der Waals surface area contributed by atoms with Crippen molar-refractivity contribution >= 4 is 18.7 Å². The molecule has 0 fully saturated rings. The third-order valence-corrected chi connectivity index (χ3v) is 9.36. The number of benzene rings is 2. The van der Waals surface area contributed by atoms with Crippen molar-refractivity contribution in [3.05, 3.63) is 60.7 Å². The topological polar surface area (TPSA) is 29.5 Å². The zero-order valence-electron chi connectivity index (χ0n) is 14.7. The zero-order chi connectivity index (χ0) is 17.6. The van der Waals surface area contributed by atoms with Crippen molar-refractivity contribution in [3.8, 4) is 12.3 Å². The Morgan fingerprint density at radius 1 is 1.00 bits per heavy atom. The summed E-state index contributed by atoms with van der Waals surface area (Å²) >= 11 is 0. The maximum Gasteiger partial charge on any atom is 0.262 e. The molecule has 24 heavy (non-hydrogen) atoms. The van der Waals surface area contributed by atoms with Gasteiger partial charge in [0.25, 0.3) is 8.32 Å². The molecule has 0 saturated carbocycles.